The van der Waals surface area contributed by atoms with Crippen LogP contribution >= 0.6 is 11.3 Å². The molecule has 0 saturated heterocycles. The fraction of sp³-hybridized carbons (Fsp3) is 0.545. The molecular formula is C11H16N2O4S. The van der Waals surface area contributed by atoms with Gasteiger partial charge in [-0.3, -0.25) is 4.79 Å². The zero-order chi connectivity index (χ0) is 13.4. The Morgan fingerprint density at radius 3 is 2.94 bits per heavy atom. The number of nitrogens with zero attached hydrogens (tertiary/aromatic N) is 1. The molecule has 0 unspecified atom stereocenters. The quantitative estimate of drug-likeness (QED) is 0.601. The summed E-state index contributed by atoms with van der Waals surface area (Å²) in [6.07, 6.45) is 1.03. The number of anilines is 1. The van der Waals surface area contributed by atoms with E-state index < -0.39 is 5.97 Å². The lowest BCUT2D eigenvalue weighted by molar-refractivity contribution is -0.143. The molecule has 1 aromatic rings. The second-order valence-electron chi connectivity index (χ2n) is 3.36. The zero-order valence-corrected chi connectivity index (χ0v) is 11.2. The first kappa shape index (κ1) is 14.4. The summed E-state index contributed by atoms with van der Waals surface area (Å²) in [5.74, 6) is -0.653. The third kappa shape index (κ3) is 4.70. The van der Waals surface area contributed by atoms with E-state index in [2.05, 4.69) is 15.0 Å². The van der Waals surface area contributed by atoms with Crippen molar-refractivity contribution in [2.75, 3.05) is 25.6 Å². The van der Waals surface area contributed by atoms with E-state index in [0.717, 1.165) is 0 Å². The number of hydrogen-bond donors (Lipinski definition) is 1. The normalized spacial score (nSPS) is 9.89. The Balaban J connectivity index is 2.25. The van der Waals surface area contributed by atoms with E-state index in [-0.39, 0.29) is 11.7 Å². The number of carbonyl (C=O) groups is 2. The van der Waals surface area contributed by atoms with Crippen molar-refractivity contribution in [3.63, 3.8) is 0 Å². The van der Waals surface area contributed by atoms with E-state index in [1.165, 1.54) is 18.4 Å². The minimum atomic E-state index is -0.453. The van der Waals surface area contributed by atoms with E-state index in [0.29, 0.717) is 31.1 Å². The molecule has 0 aliphatic heterocycles. The average Bonchev–Trinajstić information content (AvgIpc) is 2.83. The monoisotopic (exact) mass is 272 g/mol. The van der Waals surface area contributed by atoms with Crippen molar-refractivity contribution in [3.8, 4) is 0 Å². The van der Waals surface area contributed by atoms with Crippen molar-refractivity contribution >= 4 is 28.4 Å². The number of esters is 2. The molecule has 0 aromatic carbocycles. The standard InChI is InChI=1S/C11H16N2O4S/c1-3-17-9(14)5-4-6-12-11-13-8(7-18-11)10(15)16-2/h7H,3-6H2,1-2H3,(H,12,13). The zero-order valence-electron chi connectivity index (χ0n) is 10.4. The summed E-state index contributed by atoms with van der Waals surface area (Å²) in [5, 5.41) is 5.30. The first-order valence-corrected chi connectivity index (χ1v) is 6.48. The molecule has 0 fully saturated rings. The Hall–Kier alpha value is -1.63. The predicted molar refractivity (Wildman–Crippen MR) is 67.8 cm³/mol. The van der Waals surface area contributed by atoms with Crippen LogP contribution in [-0.4, -0.2) is 37.2 Å². The van der Waals surface area contributed by atoms with Gasteiger partial charge in [-0.1, -0.05) is 0 Å². The van der Waals surface area contributed by atoms with Crippen LogP contribution in [0.3, 0.4) is 0 Å². The third-order valence-corrected chi connectivity index (χ3v) is 2.84. The van der Waals surface area contributed by atoms with Crippen LogP contribution in [0.4, 0.5) is 5.13 Å². The Bertz CT molecular complexity index is 406. The molecule has 0 aliphatic carbocycles. The van der Waals surface area contributed by atoms with Gasteiger partial charge < -0.3 is 14.8 Å². The molecule has 1 heterocycles. The number of thiazole rings is 1. The van der Waals surface area contributed by atoms with Gasteiger partial charge in [0, 0.05) is 18.3 Å². The van der Waals surface area contributed by atoms with Crippen LogP contribution in [0, 0.1) is 0 Å². The maximum Gasteiger partial charge on any atom is 0.357 e. The second-order valence-corrected chi connectivity index (χ2v) is 4.22. The van der Waals surface area contributed by atoms with Gasteiger partial charge in [0.05, 0.1) is 13.7 Å². The molecule has 0 bridgehead atoms. The highest BCUT2D eigenvalue weighted by Crippen LogP contribution is 2.15. The van der Waals surface area contributed by atoms with Crippen molar-refractivity contribution < 1.29 is 19.1 Å². The largest absolute Gasteiger partial charge is 0.466 e. The lowest BCUT2D eigenvalue weighted by Gasteiger charge is -2.02. The van der Waals surface area contributed by atoms with E-state index in [9.17, 15) is 9.59 Å². The summed E-state index contributed by atoms with van der Waals surface area (Å²) >= 11 is 1.32. The van der Waals surface area contributed by atoms with Gasteiger partial charge in [0.25, 0.3) is 0 Å². The molecule has 0 saturated carbocycles. The average molecular weight is 272 g/mol. The first-order chi connectivity index (χ1) is 8.67. The van der Waals surface area contributed by atoms with Crippen LogP contribution in [0.5, 0.6) is 0 Å². The highest BCUT2D eigenvalue weighted by Gasteiger charge is 2.10. The fourth-order valence-electron chi connectivity index (χ4n) is 1.21. The SMILES string of the molecule is CCOC(=O)CCCNc1nc(C(=O)OC)cs1. The third-order valence-electron chi connectivity index (χ3n) is 2.04. The molecule has 18 heavy (non-hydrogen) atoms. The van der Waals surface area contributed by atoms with Gasteiger partial charge in [-0.25, -0.2) is 9.78 Å². The van der Waals surface area contributed by atoms with Gasteiger partial charge in [-0.2, -0.15) is 0 Å². The van der Waals surface area contributed by atoms with Gasteiger partial charge in [0.1, 0.15) is 0 Å². The maximum atomic E-state index is 11.2. The number of nitrogens with one attached hydrogen (secondary N) is 1. The van der Waals surface area contributed by atoms with Crippen molar-refractivity contribution in [1.29, 1.82) is 0 Å². The highest BCUT2D eigenvalue weighted by molar-refractivity contribution is 7.13. The van der Waals surface area contributed by atoms with E-state index in [4.69, 9.17) is 4.74 Å². The molecule has 6 nitrogen and oxygen atoms in total. The van der Waals surface area contributed by atoms with Gasteiger partial charge in [-0.05, 0) is 13.3 Å². The number of rotatable bonds is 7. The predicted octanol–water partition coefficient (Wildman–Crippen LogP) is 1.68. The fourth-order valence-corrected chi connectivity index (χ4v) is 1.92. The smallest absolute Gasteiger partial charge is 0.357 e. The van der Waals surface area contributed by atoms with Crippen molar-refractivity contribution in [1.82, 2.24) is 4.98 Å². The highest BCUT2D eigenvalue weighted by atomic mass is 32.1. The summed E-state index contributed by atoms with van der Waals surface area (Å²) in [7, 11) is 1.31. The summed E-state index contributed by atoms with van der Waals surface area (Å²) in [6, 6.07) is 0. The molecule has 100 valence electrons. The molecular weight excluding hydrogens is 256 g/mol. The summed E-state index contributed by atoms with van der Waals surface area (Å²) < 4.78 is 9.35. The van der Waals surface area contributed by atoms with Crippen LogP contribution in [0.1, 0.15) is 30.3 Å². The lowest BCUT2D eigenvalue weighted by atomic mass is 10.3. The maximum absolute atomic E-state index is 11.2. The Labute approximate surface area is 109 Å². The van der Waals surface area contributed by atoms with Crippen LogP contribution in [0.2, 0.25) is 0 Å². The van der Waals surface area contributed by atoms with Gasteiger partial charge in [-0.15, -0.1) is 11.3 Å². The van der Waals surface area contributed by atoms with Gasteiger partial charge in [0.2, 0.25) is 0 Å². The van der Waals surface area contributed by atoms with Gasteiger partial charge >= 0.3 is 11.9 Å². The molecule has 0 amide bonds. The molecule has 1 N–H and O–H groups in total. The molecule has 7 heteroatoms. The molecule has 1 rings (SSSR count). The van der Waals surface area contributed by atoms with Crippen LogP contribution in [0.25, 0.3) is 0 Å². The number of methoxy groups -OCH3 is 1. The van der Waals surface area contributed by atoms with Crippen LogP contribution in [0.15, 0.2) is 5.38 Å². The topological polar surface area (TPSA) is 77.5 Å². The minimum Gasteiger partial charge on any atom is -0.466 e. The van der Waals surface area contributed by atoms with E-state index in [1.807, 2.05) is 0 Å². The number of ether oxygens (including phenoxy) is 2. The van der Waals surface area contributed by atoms with Crippen molar-refractivity contribution in [2.45, 2.75) is 19.8 Å². The second kappa shape index (κ2) is 7.65. The van der Waals surface area contributed by atoms with E-state index >= 15 is 0 Å². The molecule has 0 aliphatic rings. The van der Waals surface area contributed by atoms with Gasteiger partial charge in [0.15, 0.2) is 10.8 Å². The van der Waals surface area contributed by atoms with Crippen LogP contribution < -0.4 is 5.32 Å². The Kier molecular flexibility index (Phi) is 6.13. The molecule has 1 aromatic heterocycles. The van der Waals surface area contributed by atoms with Crippen molar-refractivity contribution in [2.24, 2.45) is 0 Å². The summed E-state index contributed by atoms with van der Waals surface area (Å²) in [6.45, 7) is 2.79. The first-order valence-electron chi connectivity index (χ1n) is 5.60. The number of carbonyl (C=O) groups excluding carboxylic acids is 2. The summed E-state index contributed by atoms with van der Waals surface area (Å²) in [4.78, 5) is 26.3. The molecule has 0 spiro atoms. The molecule has 0 atom stereocenters. The van der Waals surface area contributed by atoms with Crippen molar-refractivity contribution in [3.05, 3.63) is 11.1 Å². The van der Waals surface area contributed by atoms with Crippen LogP contribution in [-0.2, 0) is 14.3 Å². The molecule has 0 radical (unpaired) electrons. The minimum absolute atomic E-state index is 0.200. The Morgan fingerprint density at radius 2 is 2.28 bits per heavy atom. The lowest BCUT2D eigenvalue weighted by Crippen LogP contribution is -2.08. The Morgan fingerprint density at radius 1 is 1.50 bits per heavy atom. The van der Waals surface area contributed by atoms with E-state index in [1.54, 1.807) is 12.3 Å². The number of hydrogen-bond acceptors (Lipinski definition) is 7. The summed E-state index contributed by atoms with van der Waals surface area (Å²) in [5.41, 5.74) is 0.287. The number of aromatic nitrogens is 1.